The Morgan fingerprint density at radius 2 is 2.14 bits per heavy atom. The summed E-state index contributed by atoms with van der Waals surface area (Å²) in [6.45, 7) is 6.65. The molecule has 0 aliphatic carbocycles. The van der Waals surface area contributed by atoms with Crippen LogP contribution in [0, 0.1) is 0 Å². The van der Waals surface area contributed by atoms with Crippen LogP contribution in [0.15, 0.2) is 11.5 Å². The van der Waals surface area contributed by atoms with Gasteiger partial charge in [0, 0.05) is 12.6 Å². The standard InChI is InChI=1S/C13H23N5O2S/c1-4-5-6-7-18-9-14-17-13(18)21-8-11(19)16-12(20)15-10(2)3/h9-10H,4-8H2,1-3H3,(H2,15,16,19,20). The largest absolute Gasteiger partial charge is 0.336 e. The molecule has 0 radical (unpaired) electrons. The number of nitrogens with zero attached hydrogens (tertiary/aromatic N) is 3. The minimum Gasteiger partial charge on any atom is -0.336 e. The van der Waals surface area contributed by atoms with Gasteiger partial charge in [0.05, 0.1) is 5.75 Å². The maximum absolute atomic E-state index is 11.7. The van der Waals surface area contributed by atoms with Crippen LogP contribution in [-0.4, -0.2) is 38.5 Å². The van der Waals surface area contributed by atoms with Crippen molar-refractivity contribution >= 4 is 23.7 Å². The molecule has 1 aromatic rings. The van der Waals surface area contributed by atoms with Crippen molar-refractivity contribution in [3.05, 3.63) is 6.33 Å². The predicted octanol–water partition coefficient (Wildman–Crippen LogP) is 1.79. The number of urea groups is 1. The minimum atomic E-state index is -0.472. The van der Waals surface area contributed by atoms with Crippen molar-refractivity contribution in [1.82, 2.24) is 25.4 Å². The van der Waals surface area contributed by atoms with E-state index in [1.165, 1.54) is 11.8 Å². The van der Waals surface area contributed by atoms with E-state index in [0.29, 0.717) is 5.16 Å². The Kier molecular flexibility index (Phi) is 7.81. The molecular formula is C13H23N5O2S. The number of imide groups is 1. The molecule has 0 aliphatic rings. The topological polar surface area (TPSA) is 88.9 Å². The maximum atomic E-state index is 11.7. The molecule has 1 rings (SSSR count). The molecule has 0 aliphatic heterocycles. The highest BCUT2D eigenvalue weighted by Crippen LogP contribution is 2.15. The summed E-state index contributed by atoms with van der Waals surface area (Å²) in [4.78, 5) is 23.0. The minimum absolute atomic E-state index is 0.00730. The lowest BCUT2D eigenvalue weighted by Crippen LogP contribution is -2.43. The van der Waals surface area contributed by atoms with Crippen LogP contribution < -0.4 is 10.6 Å². The van der Waals surface area contributed by atoms with E-state index >= 15 is 0 Å². The van der Waals surface area contributed by atoms with Crippen molar-refractivity contribution < 1.29 is 9.59 Å². The van der Waals surface area contributed by atoms with E-state index in [9.17, 15) is 9.59 Å². The van der Waals surface area contributed by atoms with Crippen LogP contribution in [0.3, 0.4) is 0 Å². The molecule has 21 heavy (non-hydrogen) atoms. The van der Waals surface area contributed by atoms with Crippen molar-refractivity contribution in [2.45, 2.75) is 57.8 Å². The summed E-state index contributed by atoms with van der Waals surface area (Å²) in [5.74, 6) is -0.209. The fraction of sp³-hybridized carbons (Fsp3) is 0.692. The lowest BCUT2D eigenvalue weighted by molar-refractivity contribution is -0.117. The van der Waals surface area contributed by atoms with E-state index in [-0.39, 0.29) is 17.7 Å². The van der Waals surface area contributed by atoms with Crippen LogP contribution in [0.1, 0.15) is 40.0 Å². The molecule has 7 nitrogen and oxygen atoms in total. The number of unbranched alkanes of at least 4 members (excludes halogenated alkanes) is 2. The number of aryl methyl sites for hydroxylation is 1. The second-order valence-corrected chi connectivity index (χ2v) is 5.92. The van der Waals surface area contributed by atoms with Crippen LogP contribution in [0.5, 0.6) is 0 Å². The average Bonchev–Trinajstić information content (AvgIpc) is 2.83. The van der Waals surface area contributed by atoms with E-state index in [1.807, 2.05) is 18.4 Å². The van der Waals surface area contributed by atoms with Gasteiger partial charge in [-0.2, -0.15) is 0 Å². The van der Waals surface area contributed by atoms with Gasteiger partial charge in [-0.1, -0.05) is 31.5 Å². The van der Waals surface area contributed by atoms with Gasteiger partial charge < -0.3 is 9.88 Å². The van der Waals surface area contributed by atoms with Gasteiger partial charge in [0.2, 0.25) is 5.91 Å². The predicted molar refractivity (Wildman–Crippen MR) is 82.1 cm³/mol. The van der Waals surface area contributed by atoms with Crippen molar-refractivity contribution in [3.63, 3.8) is 0 Å². The molecule has 0 bridgehead atoms. The highest BCUT2D eigenvalue weighted by Gasteiger charge is 2.11. The fourth-order valence-electron chi connectivity index (χ4n) is 1.63. The summed E-state index contributed by atoms with van der Waals surface area (Å²) < 4.78 is 1.93. The number of carbonyl (C=O) groups is 2. The smallest absolute Gasteiger partial charge is 0.321 e. The molecule has 3 amide bonds. The summed E-state index contributed by atoms with van der Waals surface area (Å²) in [5, 5.41) is 13.4. The third kappa shape index (κ3) is 7.12. The third-order valence-corrected chi connectivity index (χ3v) is 3.57. The van der Waals surface area contributed by atoms with Gasteiger partial charge in [0.25, 0.3) is 0 Å². The van der Waals surface area contributed by atoms with Gasteiger partial charge in [-0.25, -0.2) is 4.79 Å². The van der Waals surface area contributed by atoms with Crippen molar-refractivity contribution in [2.75, 3.05) is 5.75 Å². The zero-order valence-corrected chi connectivity index (χ0v) is 13.6. The Balaban J connectivity index is 2.36. The molecule has 0 aromatic carbocycles. The zero-order chi connectivity index (χ0) is 15.7. The maximum Gasteiger partial charge on any atom is 0.321 e. The normalized spacial score (nSPS) is 10.7. The van der Waals surface area contributed by atoms with Crippen LogP contribution in [0.2, 0.25) is 0 Å². The number of thioether (sulfide) groups is 1. The summed E-state index contributed by atoms with van der Waals surface area (Å²) in [6, 6.07) is -0.480. The average molecular weight is 313 g/mol. The first-order valence-electron chi connectivity index (χ1n) is 7.13. The van der Waals surface area contributed by atoms with E-state index in [1.54, 1.807) is 6.33 Å². The molecule has 8 heteroatoms. The Bertz CT molecular complexity index is 461. The van der Waals surface area contributed by atoms with Gasteiger partial charge in [-0.15, -0.1) is 10.2 Å². The lowest BCUT2D eigenvalue weighted by Gasteiger charge is -2.09. The van der Waals surface area contributed by atoms with Gasteiger partial charge in [0.1, 0.15) is 6.33 Å². The van der Waals surface area contributed by atoms with Crippen molar-refractivity contribution in [1.29, 1.82) is 0 Å². The summed E-state index contributed by atoms with van der Waals surface area (Å²) in [7, 11) is 0. The Labute approximate surface area is 129 Å². The summed E-state index contributed by atoms with van der Waals surface area (Å²) >= 11 is 1.28. The van der Waals surface area contributed by atoms with Crippen LogP contribution in [0.25, 0.3) is 0 Å². The molecule has 0 spiro atoms. The van der Waals surface area contributed by atoms with Crippen LogP contribution >= 0.6 is 11.8 Å². The zero-order valence-electron chi connectivity index (χ0n) is 12.8. The lowest BCUT2D eigenvalue weighted by atomic mass is 10.2. The summed E-state index contributed by atoms with van der Waals surface area (Å²) in [6.07, 6.45) is 5.03. The molecule has 2 N–H and O–H groups in total. The Morgan fingerprint density at radius 3 is 2.81 bits per heavy atom. The van der Waals surface area contributed by atoms with E-state index in [2.05, 4.69) is 27.8 Å². The molecule has 0 atom stereocenters. The molecule has 0 unspecified atom stereocenters. The number of amides is 3. The van der Waals surface area contributed by atoms with Crippen LogP contribution in [0.4, 0.5) is 4.79 Å². The van der Waals surface area contributed by atoms with Gasteiger partial charge >= 0.3 is 6.03 Å². The monoisotopic (exact) mass is 313 g/mol. The van der Waals surface area contributed by atoms with Crippen LogP contribution in [-0.2, 0) is 11.3 Å². The molecule has 0 saturated heterocycles. The number of nitrogens with one attached hydrogen (secondary N) is 2. The molecule has 0 fully saturated rings. The van der Waals surface area contributed by atoms with Gasteiger partial charge in [-0.3, -0.25) is 10.1 Å². The first-order chi connectivity index (χ1) is 10.0. The fourth-order valence-corrected chi connectivity index (χ4v) is 2.37. The summed E-state index contributed by atoms with van der Waals surface area (Å²) in [5.41, 5.74) is 0. The molecule has 0 saturated carbocycles. The third-order valence-electron chi connectivity index (χ3n) is 2.59. The number of hydrogen-bond acceptors (Lipinski definition) is 5. The van der Waals surface area contributed by atoms with Crippen molar-refractivity contribution in [2.24, 2.45) is 0 Å². The van der Waals surface area contributed by atoms with E-state index in [0.717, 1.165) is 25.8 Å². The number of carbonyl (C=O) groups excluding carboxylic acids is 2. The first-order valence-corrected chi connectivity index (χ1v) is 8.12. The SMILES string of the molecule is CCCCCn1cnnc1SCC(=O)NC(=O)NC(C)C. The number of hydrogen-bond donors (Lipinski definition) is 2. The van der Waals surface area contributed by atoms with Crippen molar-refractivity contribution in [3.8, 4) is 0 Å². The molecule has 118 valence electrons. The Morgan fingerprint density at radius 1 is 1.38 bits per heavy atom. The van der Waals surface area contributed by atoms with Gasteiger partial charge in [-0.05, 0) is 20.3 Å². The quantitative estimate of drug-likeness (QED) is 0.564. The molecular weight excluding hydrogens is 290 g/mol. The second kappa shape index (κ2) is 9.38. The highest BCUT2D eigenvalue weighted by molar-refractivity contribution is 7.99. The van der Waals surface area contributed by atoms with Gasteiger partial charge in [0.15, 0.2) is 5.16 Å². The Hall–Kier alpha value is -1.57. The molecule has 1 aromatic heterocycles. The first kappa shape index (κ1) is 17.5. The number of rotatable bonds is 8. The second-order valence-electron chi connectivity index (χ2n) is 4.98. The highest BCUT2D eigenvalue weighted by atomic mass is 32.2. The number of aromatic nitrogens is 3. The van der Waals surface area contributed by atoms with E-state index in [4.69, 9.17) is 0 Å². The van der Waals surface area contributed by atoms with E-state index < -0.39 is 6.03 Å². The molecule has 1 heterocycles.